The van der Waals surface area contributed by atoms with Crippen molar-refractivity contribution in [3.8, 4) is 0 Å². The van der Waals surface area contributed by atoms with Gasteiger partial charge in [0.2, 0.25) is 11.8 Å². The van der Waals surface area contributed by atoms with Gasteiger partial charge < -0.3 is 5.11 Å². The molecule has 0 radical (unpaired) electrons. The molecule has 1 aliphatic rings. The van der Waals surface area contributed by atoms with E-state index in [0.717, 1.165) is 0 Å². The van der Waals surface area contributed by atoms with E-state index in [1.54, 1.807) is 24.3 Å². The molecule has 1 unspecified atom stereocenters. The van der Waals surface area contributed by atoms with Crippen LogP contribution in [0, 0.1) is 0 Å². The summed E-state index contributed by atoms with van der Waals surface area (Å²) in [7, 11) is 0. The van der Waals surface area contributed by atoms with Gasteiger partial charge in [-0.25, -0.2) is 4.79 Å². The van der Waals surface area contributed by atoms with Crippen LogP contribution < -0.4 is 5.32 Å². The molecule has 2 N–H and O–H groups in total. The second-order valence-electron chi connectivity index (χ2n) is 4.92. The van der Waals surface area contributed by atoms with Crippen molar-refractivity contribution in [3.63, 3.8) is 0 Å². The predicted molar refractivity (Wildman–Crippen MR) is 73.8 cm³/mol. The van der Waals surface area contributed by atoms with Crippen molar-refractivity contribution in [2.75, 3.05) is 0 Å². The first-order chi connectivity index (χ1) is 10.1. The Bertz CT molecular complexity index is 769. The number of benzene rings is 1. The molecule has 1 saturated heterocycles. The lowest BCUT2D eigenvalue weighted by Crippen LogP contribution is -2.39. The zero-order valence-corrected chi connectivity index (χ0v) is 11.0. The minimum Gasteiger partial charge on any atom is -0.478 e. The van der Waals surface area contributed by atoms with Gasteiger partial charge in [-0.1, -0.05) is 12.1 Å². The van der Waals surface area contributed by atoms with Crippen LogP contribution in [0.1, 0.15) is 34.8 Å². The lowest BCUT2D eigenvalue weighted by atomic mass is 9.93. The third-order valence-electron chi connectivity index (χ3n) is 3.58. The summed E-state index contributed by atoms with van der Waals surface area (Å²) in [6, 6.07) is 8.14. The Morgan fingerprint density at radius 1 is 1.24 bits per heavy atom. The van der Waals surface area contributed by atoms with Crippen LogP contribution in [0.3, 0.4) is 0 Å². The lowest BCUT2D eigenvalue weighted by Gasteiger charge is -2.20. The normalized spacial score (nSPS) is 18.6. The van der Waals surface area contributed by atoms with Gasteiger partial charge in [0, 0.05) is 11.8 Å². The Morgan fingerprint density at radius 2 is 2.05 bits per heavy atom. The predicted octanol–water partition coefficient (Wildman–Crippen LogP) is 1.45. The summed E-state index contributed by atoms with van der Waals surface area (Å²) in [6.07, 6.45) is 0.701. The van der Waals surface area contributed by atoms with Crippen molar-refractivity contribution < 1.29 is 19.5 Å². The van der Waals surface area contributed by atoms with Gasteiger partial charge in [-0.15, -0.1) is 0 Å². The number of amides is 2. The summed E-state index contributed by atoms with van der Waals surface area (Å²) in [5.41, 5.74) is 1.25. The highest BCUT2D eigenvalue weighted by Crippen LogP contribution is 2.26. The van der Waals surface area contributed by atoms with Gasteiger partial charge in [0.1, 0.15) is 0 Å². The number of aromatic carboxylic acids is 1. The Hall–Kier alpha value is -2.76. The quantitative estimate of drug-likeness (QED) is 0.814. The van der Waals surface area contributed by atoms with Gasteiger partial charge in [-0.3, -0.25) is 19.9 Å². The van der Waals surface area contributed by atoms with Gasteiger partial charge >= 0.3 is 5.97 Å². The second-order valence-corrected chi connectivity index (χ2v) is 4.92. The molecule has 2 heterocycles. The van der Waals surface area contributed by atoms with E-state index in [2.05, 4.69) is 10.3 Å². The largest absolute Gasteiger partial charge is 0.478 e. The molecule has 1 aromatic heterocycles. The average Bonchev–Trinajstić information content (AvgIpc) is 2.46. The van der Waals surface area contributed by atoms with Crippen molar-refractivity contribution in [2.24, 2.45) is 0 Å². The number of rotatable bonds is 2. The van der Waals surface area contributed by atoms with Gasteiger partial charge in [0.05, 0.1) is 22.7 Å². The molecule has 1 atom stereocenters. The first-order valence-corrected chi connectivity index (χ1v) is 6.53. The van der Waals surface area contributed by atoms with Crippen LogP contribution in [0.25, 0.3) is 10.9 Å². The number of nitrogens with zero attached hydrogens (tertiary/aromatic N) is 1. The molecular weight excluding hydrogens is 272 g/mol. The van der Waals surface area contributed by atoms with E-state index in [-0.39, 0.29) is 23.8 Å². The molecule has 1 aliphatic heterocycles. The van der Waals surface area contributed by atoms with E-state index in [4.69, 9.17) is 5.11 Å². The van der Waals surface area contributed by atoms with E-state index in [1.165, 1.54) is 6.07 Å². The van der Waals surface area contributed by atoms with Crippen LogP contribution in [0.2, 0.25) is 0 Å². The number of nitrogens with one attached hydrogen (secondary N) is 1. The van der Waals surface area contributed by atoms with Crippen LogP contribution in [0.5, 0.6) is 0 Å². The van der Waals surface area contributed by atoms with Crippen LogP contribution >= 0.6 is 0 Å². The maximum absolute atomic E-state index is 11.9. The van der Waals surface area contributed by atoms with Crippen molar-refractivity contribution in [1.82, 2.24) is 10.3 Å². The van der Waals surface area contributed by atoms with Crippen LogP contribution in [0.15, 0.2) is 30.3 Å². The minimum absolute atomic E-state index is 0.176. The summed E-state index contributed by atoms with van der Waals surface area (Å²) >= 11 is 0. The highest BCUT2D eigenvalue weighted by Gasteiger charge is 2.29. The molecular formula is C15H12N2O4. The molecule has 0 spiro atoms. The first-order valence-electron chi connectivity index (χ1n) is 6.53. The minimum atomic E-state index is -1.02. The lowest BCUT2D eigenvalue weighted by molar-refractivity contribution is -0.134. The Labute approximate surface area is 119 Å². The summed E-state index contributed by atoms with van der Waals surface area (Å²) in [5.74, 6) is -2.12. The highest BCUT2D eigenvalue weighted by molar-refractivity contribution is 6.03. The van der Waals surface area contributed by atoms with E-state index < -0.39 is 11.9 Å². The van der Waals surface area contributed by atoms with E-state index in [0.29, 0.717) is 23.0 Å². The number of piperidine rings is 1. The number of imide groups is 1. The number of carboxylic acids is 1. The maximum Gasteiger partial charge on any atom is 0.336 e. The number of pyridine rings is 1. The Balaban J connectivity index is 2.04. The van der Waals surface area contributed by atoms with Crippen molar-refractivity contribution >= 4 is 28.7 Å². The molecule has 3 rings (SSSR count). The number of aromatic nitrogens is 1. The van der Waals surface area contributed by atoms with Gasteiger partial charge in [-0.2, -0.15) is 0 Å². The zero-order valence-electron chi connectivity index (χ0n) is 11.0. The van der Waals surface area contributed by atoms with E-state index in [9.17, 15) is 14.4 Å². The summed E-state index contributed by atoms with van der Waals surface area (Å²) in [4.78, 5) is 38.6. The van der Waals surface area contributed by atoms with E-state index >= 15 is 0 Å². The SMILES string of the molecule is O=C1CCC(c2ccc3c(C(=O)O)cccc3n2)C(=O)N1. The van der Waals surface area contributed by atoms with Crippen molar-refractivity contribution in [3.05, 3.63) is 41.6 Å². The fourth-order valence-corrected chi connectivity index (χ4v) is 2.53. The molecule has 106 valence electrons. The second kappa shape index (κ2) is 4.97. The Morgan fingerprint density at radius 3 is 2.76 bits per heavy atom. The maximum atomic E-state index is 11.9. The molecule has 6 nitrogen and oxygen atoms in total. The average molecular weight is 284 g/mol. The number of carbonyl (C=O) groups excluding carboxylic acids is 2. The molecule has 0 bridgehead atoms. The number of carbonyl (C=O) groups is 3. The molecule has 1 fully saturated rings. The van der Waals surface area contributed by atoms with Crippen molar-refractivity contribution in [1.29, 1.82) is 0 Å². The molecule has 21 heavy (non-hydrogen) atoms. The third-order valence-corrected chi connectivity index (χ3v) is 3.58. The highest BCUT2D eigenvalue weighted by atomic mass is 16.4. The van der Waals surface area contributed by atoms with Crippen LogP contribution in [-0.4, -0.2) is 27.9 Å². The molecule has 1 aromatic carbocycles. The van der Waals surface area contributed by atoms with Crippen molar-refractivity contribution in [2.45, 2.75) is 18.8 Å². The third kappa shape index (κ3) is 2.35. The van der Waals surface area contributed by atoms with Gasteiger partial charge in [-0.05, 0) is 24.6 Å². The fraction of sp³-hybridized carbons (Fsp3) is 0.200. The summed E-state index contributed by atoms with van der Waals surface area (Å²) in [5, 5.41) is 12.0. The first kappa shape index (κ1) is 13.2. The number of fused-ring (bicyclic) bond motifs is 1. The zero-order chi connectivity index (χ0) is 15.0. The molecule has 0 aliphatic carbocycles. The van der Waals surface area contributed by atoms with Gasteiger partial charge in [0.15, 0.2) is 0 Å². The number of hydrogen-bond acceptors (Lipinski definition) is 4. The topological polar surface area (TPSA) is 96.4 Å². The monoisotopic (exact) mass is 284 g/mol. The van der Waals surface area contributed by atoms with Crippen LogP contribution in [0.4, 0.5) is 0 Å². The molecule has 6 heteroatoms. The number of hydrogen-bond donors (Lipinski definition) is 2. The summed E-state index contributed by atoms with van der Waals surface area (Å²) in [6.45, 7) is 0. The van der Waals surface area contributed by atoms with Gasteiger partial charge in [0.25, 0.3) is 0 Å². The molecule has 2 amide bonds. The number of carboxylic acid groups (broad SMARTS) is 1. The van der Waals surface area contributed by atoms with Crippen LogP contribution in [-0.2, 0) is 9.59 Å². The Kier molecular flexibility index (Phi) is 3.13. The molecule has 2 aromatic rings. The summed E-state index contributed by atoms with van der Waals surface area (Å²) < 4.78 is 0. The smallest absolute Gasteiger partial charge is 0.336 e. The standard InChI is InChI=1S/C15H12N2O4/c18-13-7-5-10(14(19)17-13)12-6-4-8-9(15(20)21)2-1-3-11(8)16-12/h1-4,6,10H,5,7H2,(H,20,21)(H,17,18,19). The molecule has 0 saturated carbocycles. The van der Waals surface area contributed by atoms with E-state index in [1.807, 2.05) is 0 Å². The fourth-order valence-electron chi connectivity index (χ4n) is 2.53.